The molecule has 0 atom stereocenters. The molecule has 0 amide bonds. The second-order valence-electron chi connectivity index (χ2n) is 6.66. The Morgan fingerprint density at radius 3 is 2.65 bits per heavy atom. The number of benzene rings is 1. The van der Waals surface area contributed by atoms with Crippen LogP contribution in [0.3, 0.4) is 0 Å². The van der Waals surface area contributed by atoms with Gasteiger partial charge in [0.1, 0.15) is 11.4 Å². The number of carbonyl (C=O) groups is 1. The summed E-state index contributed by atoms with van der Waals surface area (Å²) in [5.41, 5.74) is 1.35. The van der Waals surface area contributed by atoms with E-state index in [0.717, 1.165) is 55.2 Å². The van der Waals surface area contributed by atoms with E-state index in [-0.39, 0.29) is 5.82 Å². The maximum Gasteiger partial charge on any atom is 0.324 e. The van der Waals surface area contributed by atoms with Crippen molar-refractivity contribution in [1.82, 2.24) is 9.88 Å². The van der Waals surface area contributed by atoms with Crippen LogP contribution in [0.1, 0.15) is 37.2 Å². The number of aliphatic carboxylic acids is 1. The van der Waals surface area contributed by atoms with Gasteiger partial charge in [0, 0.05) is 11.6 Å². The fourth-order valence-corrected chi connectivity index (χ4v) is 3.90. The van der Waals surface area contributed by atoms with Crippen LogP contribution in [0.4, 0.5) is 4.39 Å². The molecule has 0 unspecified atom stereocenters. The largest absolute Gasteiger partial charge is 0.480 e. The summed E-state index contributed by atoms with van der Waals surface area (Å²) >= 11 is 0. The van der Waals surface area contributed by atoms with Crippen molar-refractivity contribution in [3.05, 3.63) is 41.8 Å². The fourth-order valence-electron chi connectivity index (χ4n) is 3.90. The highest BCUT2D eigenvalue weighted by atomic mass is 19.1. The number of carboxylic acids is 1. The third kappa shape index (κ3) is 2.39. The van der Waals surface area contributed by atoms with Gasteiger partial charge in [-0.25, -0.2) is 4.39 Å². The van der Waals surface area contributed by atoms with Crippen LogP contribution in [-0.2, 0) is 4.79 Å². The Bertz CT molecular complexity index is 765. The lowest BCUT2D eigenvalue weighted by Crippen LogP contribution is -2.47. The number of carboxylic acid groups (broad SMARTS) is 1. The Hall–Kier alpha value is -2.01. The molecular weight excluding hydrogens is 295 g/mol. The summed E-state index contributed by atoms with van der Waals surface area (Å²) in [7, 11) is 0. The lowest BCUT2D eigenvalue weighted by molar-refractivity contribution is -0.145. The van der Waals surface area contributed by atoms with Gasteiger partial charge in [-0.15, -0.1) is 0 Å². The van der Waals surface area contributed by atoms with Gasteiger partial charge in [-0.3, -0.25) is 14.7 Å². The highest BCUT2D eigenvalue weighted by Gasteiger charge is 2.55. The van der Waals surface area contributed by atoms with E-state index >= 15 is 0 Å². The molecule has 1 aliphatic carbocycles. The molecule has 2 heterocycles. The zero-order valence-electron chi connectivity index (χ0n) is 12.8. The lowest BCUT2D eigenvalue weighted by Gasteiger charge is -2.36. The molecular formula is C18H19FN2O2. The first-order valence-corrected chi connectivity index (χ1v) is 8.13. The number of hydrogen-bond donors (Lipinski definition) is 1. The molecule has 5 heteroatoms. The van der Waals surface area contributed by atoms with Gasteiger partial charge in [0.05, 0.1) is 5.52 Å². The number of hydrogen-bond acceptors (Lipinski definition) is 3. The van der Waals surface area contributed by atoms with Crippen molar-refractivity contribution in [2.24, 2.45) is 0 Å². The molecule has 2 aromatic rings. The molecule has 4 rings (SSSR count). The molecule has 2 aliphatic rings. The molecule has 4 nitrogen and oxygen atoms in total. The lowest BCUT2D eigenvalue weighted by atomic mass is 9.87. The smallest absolute Gasteiger partial charge is 0.324 e. The van der Waals surface area contributed by atoms with E-state index in [1.807, 2.05) is 6.07 Å². The molecule has 0 radical (unpaired) electrons. The number of likely N-dealkylation sites (tertiary alicyclic amines) is 1. The predicted octanol–water partition coefficient (Wildman–Crippen LogP) is 3.17. The van der Waals surface area contributed by atoms with Gasteiger partial charge in [0.2, 0.25) is 0 Å². The Morgan fingerprint density at radius 2 is 2.00 bits per heavy atom. The monoisotopic (exact) mass is 314 g/mol. The third-order valence-corrected chi connectivity index (χ3v) is 5.40. The zero-order valence-corrected chi connectivity index (χ0v) is 12.8. The van der Waals surface area contributed by atoms with Gasteiger partial charge in [-0.05, 0) is 74.5 Å². The molecule has 0 bridgehead atoms. The maximum atomic E-state index is 13.6. The van der Waals surface area contributed by atoms with Crippen LogP contribution < -0.4 is 0 Å². The minimum absolute atomic E-state index is 0.244. The minimum atomic E-state index is -0.688. The van der Waals surface area contributed by atoms with Gasteiger partial charge in [-0.1, -0.05) is 0 Å². The van der Waals surface area contributed by atoms with Crippen LogP contribution in [0.15, 0.2) is 30.5 Å². The number of piperidine rings is 1. The van der Waals surface area contributed by atoms with Gasteiger partial charge < -0.3 is 5.11 Å². The number of fused-ring (bicyclic) bond motifs is 1. The zero-order chi connectivity index (χ0) is 16.0. The van der Waals surface area contributed by atoms with E-state index in [9.17, 15) is 14.3 Å². The maximum absolute atomic E-state index is 13.6. The standard InChI is InChI=1S/C18H19FN2O2/c19-13-1-2-16-15(11-13)14(3-8-20-16)12-4-9-21(10-5-12)18(6-7-18)17(22)23/h1-3,8,11-12H,4-7,9-10H2,(H,22,23). The van der Waals surface area contributed by atoms with Crippen LogP contribution in [0, 0.1) is 5.82 Å². The highest BCUT2D eigenvalue weighted by molar-refractivity contribution is 5.83. The number of halogens is 1. The summed E-state index contributed by atoms with van der Waals surface area (Å²) in [6.45, 7) is 1.58. The van der Waals surface area contributed by atoms with Gasteiger partial charge in [-0.2, -0.15) is 0 Å². The molecule has 0 spiro atoms. The summed E-state index contributed by atoms with van der Waals surface area (Å²) in [4.78, 5) is 17.9. The first-order chi connectivity index (χ1) is 11.1. The second kappa shape index (κ2) is 5.27. The first-order valence-electron chi connectivity index (χ1n) is 8.13. The molecule has 1 saturated heterocycles. The summed E-state index contributed by atoms with van der Waals surface area (Å²) < 4.78 is 13.6. The summed E-state index contributed by atoms with van der Waals surface area (Å²) in [6, 6.07) is 6.69. The Balaban J connectivity index is 1.57. The van der Waals surface area contributed by atoms with Crippen molar-refractivity contribution in [2.45, 2.75) is 37.1 Å². The topological polar surface area (TPSA) is 53.4 Å². The van der Waals surface area contributed by atoms with Gasteiger partial charge in [0.15, 0.2) is 0 Å². The van der Waals surface area contributed by atoms with E-state index in [1.165, 1.54) is 6.07 Å². The van der Waals surface area contributed by atoms with Crippen molar-refractivity contribution in [2.75, 3.05) is 13.1 Å². The quantitative estimate of drug-likeness (QED) is 0.945. The highest BCUT2D eigenvalue weighted by Crippen LogP contribution is 2.45. The van der Waals surface area contributed by atoms with Gasteiger partial charge in [0.25, 0.3) is 0 Å². The average Bonchev–Trinajstić information content (AvgIpc) is 3.36. The SMILES string of the molecule is O=C(O)C1(N2CCC(c3ccnc4ccc(F)cc34)CC2)CC1. The molecule has 23 heavy (non-hydrogen) atoms. The fraction of sp³-hybridized carbons (Fsp3) is 0.444. The van der Waals surface area contributed by atoms with Crippen molar-refractivity contribution in [1.29, 1.82) is 0 Å². The second-order valence-corrected chi connectivity index (χ2v) is 6.66. The van der Waals surface area contributed by atoms with E-state index in [0.29, 0.717) is 5.92 Å². The first kappa shape index (κ1) is 14.6. The predicted molar refractivity (Wildman–Crippen MR) is 84.8 cm³/mol. The minimum Gasteiger partial charge on any atom is -0.480 e. The molecule has 1 aliphatic heterocycles. The molecule has 2 fully saturated rings. The van der Waals surface area contributed by atoms with Crippen LogP contribution >= 0.6 is 0 Å². The number of rotatable bonds is 3. The van der Waals surface area contributed by atoms with Crippen molar-refractivity contribution in [3.63, 3.8) is 0 Å². The summed E-state index contributed by atoms with van der Waals surface area (Å²) in [5.74, 6) is -0.595. The van der Waals surface area contributed by atoms with Crippen LogP contribution in [0.2, 0.25) is 0 Å². The Kier molecular flexibility index (Phi) is 3.34. The van der Waals surface area contributed by atoms with E-state index in [4.69, 9.17) is 0 Å². The van der Waals surface area contributed by atoms with E-state index in [1.54, 1.807) is 18.3 Å². The van der Waals surface area contributed by atoms with Crippen LogP contribution in [-0.4, -0.2) is 39.6 Å². The van der Waals surface area contributed by atoms with Crippen LogP contribution in [0.25, 0.3) is 10.9 Å². The third-order valence-electron chi connectivity index (χ3n) is 5.40. The molecule has 1 N–H and O–H groups in total. The van der Waals surface area contributed by atoms with Crippen LogP contribution in [0.5, 0.6) is 0 Å². The average molecular weight is 314 g/mol. The van der Waals surface area contributed by atoms with Crippen molar-refractivity contribution >= 4 is 16.9 Å². The van der Waals surface area contributed by atoms with Crippen molar-refractivity contribution in [3.8, 4) is 0 Å². The summed E-state index contributed by atoms with van der Waals surface area (Å²) in [6.07, 6.45) is 5.11. The number of aromatic nitrogens is 1. The normalized spacial score (nSPS) is 21.4. The van der Waals surface area contributed by atoms with Gasteiger partial charge >= 0.3 is 5.97 Å². The molecule has 1 aromatic carbocycles. The molecule has 1 saturated carbocycles. The molecule has 1 aromatic heterocycles. The number of pyridine rings is 1. The Labute approximate surface area is 133 Å². The number of nitrogens with zero attached hydrogens (tertiary/aromatic N) is 2. The summed E-state index contributed by atoms with van der Waals surface area (Å²) in [5, 5.41) is 10.3. The van der Waals surface area contributed by atoms with E-state index in [2.05, 4.69) is 9.88 Å². The van der Waals surface area contributed by atoms with E-state index < -0.39 is 11.5 Å². The Morgan fingerprint density at radius 1 is 1.26 bits per heavy atom. The van der Waals surface area contributed by atoms with Crippen molar-refractivity contribution < 1.29 is 14.3 Å². The molecule has 120 valence electrons.